The topological polar surface area (TPSA) is 147 Å². The van der Waals surface area contributed by atoms with E-state index in [1.54, 1.807) is 18.2 Å². The number of hydrogen-bond acceptors (Lipinski definition) is 11. The molecule has 0 spiro atoms. The maximum absolute atomic E-state index is 14.2. The molecule has 12 atom stereocenters. The summed E-state index contributed by atoms with van der Waals surface area (Å²) in [6.07, 6.45) is -6.51. The summed E-state index contributed by atoms with van der Waals surface area (Å²) >= 11 is 0. The first-order valence-corrected chi connectivity index (χ1v) is 26.0. The van der Waals surface area contributed by atoms with E-state index >= 15 is 0 Å². The number of ether oxygens (including phenoxy) is 5. The van der Waals surface area contributed by atoms with E-state index in [1.165, 1.54) is 19.1 Å². The number of rotatable bonds is 16. The predicted octanol–water partition coefficient (Wildman–Crippen LogP) is 7.28. The predicted molar refractivity (Wildman–Crippen MR) is 231 cm³/mol. The summed E-state index contributed by atoms with van der Waals surface area (Å²) in [6, 6.07) is 27.6. The van der Waals surface area contributed by atoms with Gasteiger partial charge in [-0.3, -0.25) is 4.79 Å². The minimum Gasteiger partial charge on any atom is -0.414 e. The van der Waals surface area contributed by atoms with Gasteiger partial charge in [-0.15, -0.1) is 0 Å². The van der Waals surface area contributed by atoms with Crippen LogP contribution in [0.25, 0.3) is 0 Å². The fraction of sp³-hybridized carbons (Fsp3) is 0.596. The van der Waals surface area contributed by atoms with Gasteiger partial charge in [-0.25, -0.2) is 8.42 Å². The van der Waals surface area contributed by atoms with Gasteiger partial charge < -0.3 is 38.3 Å². The third kappa shape index (κ3) is 11.0. The molecule has 0 aliphatic carbocycles. The van der Waals surface area contributed by atoms with Gasteiger partial charge in [-0.2, -0.15) is 0 Å². The molecule has 330 valence electrons. The van der Waals surface area contributed by atoms with Crippen molar-refractivity contribution in [2.75, 3.05) is 12.4 Å². The molecule has 60 heavy (non-hydrogen) atoms. The lowest BCUT2D eigenvalue weighted by Crippen LogP contribution is -2.62. The lowest BCUT2D eigenvalue weighted by Gasteiger charge is -2.51. The number of benzene rings is 3. The Labute approximate surface area is 358 Å². The fourth-order valence-electron chi connectivity index (χ4n) is 8.53. The van der Waals surface area contributed by atoms with Gasteiger partial charge in [-0.1, -0.05) is 113 Å². The lowest BCUT2D eigenvalue weighted by molar-refractivity contribution is -0.346. The van der Waals surface area contributed by atoms with Crippen molar-refractivity contribution in [1.82, 2.24) is 0 Å². The summed E-state index contributed by atoms with van der Waals surface area (Å²) in [4.78, 5) is 12.8. The molecule has 0 saturated carbocycles. The van der Waals surface area contributed by atoms with Crippen LogP contribution in [0.2, 0.25) is 18.1 Å². The molecule has 0 radical (unpaired) electrons. The summed E-state index contributed by atoms with van der Waals surface area (Å²) < 4.78 is 68.4. The first kappa shape index (κ1) is 46.7. The molecule has 11 nitrogen and oxygen atoms in total. The molecule has 3 fully saturated rings. The zero-order valence-electron chi connectivity index (χ0n) is 36.4. The quantitative estimate of drug-likeness (QED) is 0.140. The van der Waals surface area contributed by atoms with Gasteiger partial charge in [0.2, 0.25) is 0 Å². The number of ketones is 1. The molecule has 2 N–H and O–H groups in total. The third-order valence-corrected chi connectivity index (χ3v) is 19.7. The van der Waals surface area contributed by atoms with Crippen LogP contribution >= 0.6 is 0 Å². The molecule has 3 aromatic carbocycles. The van der Waals surface area contributed by atoms with Crippen LogP contribution in [0, 0.1) is 17.8 Å². The molecule has 6 rings (SSSR count). The van der Waals surface area contributed by atoms with Crippen LogP contribution in [0.1, 0.15) is 71.9 Å². The first-order valence-electron chi connectivity index (χ1n) is 21.4. The highest BCUT2D eigenvalue weighted by Crippen LogP contribution is 2.48. The van der Waals surface area contributed by atoms with E-state index in [-0.39, 0.29) is 47.7 Å². The van der Waals surface area contributed by atoms with Crippen LogP contribution in [0.15, 0.2) is 95.9 Å². The van der Waals surface area contributed by atoms with Gasteiger partial charge >= 0.3 is 0 Å². The second-order valence-corrected chi connectivity index (χ2v) is 25.6. The van der Waals surface area contributed by atoms with Gasteiger partial charge in [0.15, 0.2) is 23.9 Å². The molecule has 1 unspecified atom stereocenters. The van der Waals surface area contributed by atoms with Crippen LogP contribution in [-0.4, -0.2) is 99.7 Å². The molecule has 3 heterocycles. The first-order chi connectivity index (χ1) is 28.3. The maximum atomic E-state index is 14.2. The van der Waals surface area contributed by atoms with Gasteiger partial charge in [-0.05, 0) is 54.2 Å². The molecule has 0 bridgehead atoms. The number of carbonyl (C=O) groups excluding carboxylic acids is 1. The van der Waals surface area contributed by atoms with E-state index in [4.69, 9.17) is 28.1 Å². The average molecular weight is 867 g/mol. The Hall–Kier alpha value is -2.82. The Morgan fingerprint density at radius 2 is 1.47 bits per heavy atom. The zero-order chi connectivity index (χ0) is 43.5. The Kier molecular flexibility index (Phi) is 15.0. The van der Waals surface area contributed by atoms with Crippen LogP contribution < -0.4 is 0 Å². The van der Waals surface area contributed by atoms with Gasteiger partial charge in [0, 0.05) is 31.1 Å². The monoisotopic (exact) mass is 866 g/mol. The van der Waals surface area contributed by atoms with E-state index in [0.29, 0.717) is 13.0 Å². The SMILES string of the molecule is CC(=O)C[C@@H]1O[C@@H]2[C@@H](CS(=O)(=O)c3ccccc3)[C@H](O)[C@@H]3OC(O)(C[C@@H](CO[Si](C)(C)C(C)(C)C)OCc4ccccc4)[C@@H](C)[C@H](C)[C@H]3O[C@H]2C[C@H]1OCc1ccccc1. The van der Waals surface area contributed by atoms with Crippen LogP contribution in [0.3, 0.4) is 0 Å². The fourth-order valence-corrected chi connectivity index (χ4v) is 11.2. The largest absolute Gasteiger partial charge is 0.414 e. The molecule has 13 heteroatoms. The van der Waals surface area contributed by atoms with Crippen molar-refractivity contribution in [2.24, 2.45) is 17.8 Å². The normalized spacial score (nSPS) is 31.7. The van der Waals surface area contributed by atoms with Crippen molar-refractivity contribution in [1.29, 1.82) is 0 Å². The number of carbonyl (C=O) groups is 1. The molecule has 0 aromatic heterocycles. The molecular weight excluding hydrogens is 801 g/mol. The van der Waals surface area contributed by atoms with Crippen molar-refractivity contribution in [3.05, 3.63) is 102 Å². The summed E-state index contributed by atoms with van der Waals surface area (Å²) in [5.74, 6) is -4.35. The number of Topliss-reactive ketones (excluding diaryl/α,β-unsaturated/α-hetero) is 1. The molecule has 3 aliphatic heterocycles. The minimum absolute atomic E-state index is 0.0301. The van der Waals surface area contributed by atoms with Crippen LogP contribution in [0.5, 0.6) is 0 Å². The lowest BCUT2D eigenvalue weighted by atomic mass is 9.75. The average Bonchev–Trinajstić information content (AvgIpc) is 3.31. The summed E-state index contributed by atoms with van der Waals surface area (Å²) in [6.45, 7) is 17.0. The Morgan fingerprint density at radius 3 is 2.05 bits per heavy atom. The van der Waals surface area contributed by atoms with Crippen molar-refractivity contribution in [3.63, 3.8) is 0 Å². The second kappa shape index (κ2) is 19.3. The van der Waals surface area contributed by atoms with E-state index in [0.717, 1.165) is 11.1 Å². The molecular formula is C47H66O11SSi. The minimum atomic E-state index is -3.98. The molecule has 3 aliphatic rings. The molecule has 3 aromatic rings. The third-order valence-electron chi connectivity index (χ3n) is 13.4. The summed E-state index contributed by atoms with van der Waals surface area (Å²) in [5, 5.41) is 25.2. The van der Waals surface area contributed by atoms with Gasteiger partial charge in [0.05, 0.1) is 73.2 Å². The van der Waals surface area contributed by atoms with Crippen molar-refractivity contribution in [2.45, 2.75) is 152 Å². The smallest absolute Gasteiger partial charge is 0.192 e. The van der Waals surface area contributed by atoms with Crippen LogP contribution in [-0.2, 0) is 56.0 Å². The van der Waals surface area contributed by atoms with Crippen molar-refractivity contribution >= 4 is 23.9 Å². The number of hydrogen-bond donors (Lipinski definition) is 2. The standard InChI is InChI=1S/C47H66O11SSi/c1-31(48)24-40-39(54-28-35-20-14-10-15-21-35)25-41-44(56-40)38(30-59(51,52)37-22-16-11-17-23-37)42(49)45-43(57-41)32(2)33(3)47(50,58-45)26-36(29-55-60(7,8)46(4,5)6)53-27-34-18-12-9-13-19-34/h9-23,32-33,36,38-45,49-50H,24-30H2,1-8H3/t32-,33-,36-,38-,39+,40-,41-,42-,43+,44+,45-,47?/m0/s1. The highest BCUT2D eigenvalue weighted by atomic mass is 32.2. The van der Waals surface area contributed by atoms with Crippen molar-refractivity contribution in [3.8, 4) is 0 Å². The second-order valence-electron chi connectivity index (χ2n) is 18.8. The number of sulfone groups is 1. The van der Waals surface area contributed by atoms with E-state index < -0.39 is 90.4 Å². The number of aliphatic hydroxyl groups excluding tert-OH is 1. The van der Waals surface area contributed by atoms with Gasteiger partial charge in [0.1, 0.15) is 11.9 Å². The van der Waals surface area contributed by atoms with Gasteiger partial charge in [0.25, 0.3) is 0 Å². The highest BCUT2D eigenvalue weighted by molar-refractivity contribution is 7.91. The highest BCUT2D eigenvalue weighted by Gasteiger charge is 2.60. The van der Waals surface area contributed by atoms with E-state index in [1.807, 2.05) is 74.5 Å². The Morgan fingerprint density at radius 1 is 0.883 bits per heavy atom. The van der Waals surface area contributed by atoms with E-state index in [2.05, 4.69) is 33.9 Å². The maximum Gasteiger partial charge on any atom is 0.192 e. The summed E-state index contributed by atoms with van der Waals surface area (Å²) in [7, 11) is -6.21. The molecule has 0 amide bonds. The van der Waals surface area contributed by atoms with Crippen molar-refractivity contribution < 1.29 is 51.5 Å². The van der Waals surface area contributed by atoms with E-state index in [9.17, 15) is 23.4 Å². The zero-order valence-corrected chi connectivity index (χ0v) is 38.3. The Bertz CT molecular complexity index is 1940. The molecule has 3 saturated heterocycles. The van der Waals surface area contributed by atoms with Crippen LogP contribution in [0.4, 0.5) is 0 Å². The Balaban J connectivity index is 1.33. The summed E-state index contributed by atoms with van der Waals surface area (Å²) in [5.41, 5.74) is 1.92. The number of aliphatic hydroxyl groups is 2. The number of fused-ring (bicyclic) bond motifs is 2.